The number of nitro groups is 1. The third-order valence-electron chi connectivity index (χ3n) is 2.46. The molecule has 0 radical (unpaired) electrons. The second-order valence-electron chi connectivity index (χ2n) is 4.00. The van der Waals surface area contributed by atoms with Gasteiger partial charge in [-0.2, -0.15) is 0 Å². The van der Waals surface area contributed by atoms with Crippen molar-refractivity contribution in [2.45, 2.75) is 19.1 Å². The normalized spacial score (nSPS) is 12.3. The SMILES string of the molecule is COCC(O)CCNCc1cccc([N+](=O)[O-])c1. The minimum absolute atomic E-state index is 0.0914. The number of nitrogens with zero attached hydrogens (tertiary/aromatic N) is 1. The highest BCUT2D eigenvalue weighted by Crippen LogP contribution is 2.12. The van der Waals surface area contributed by atoms with E-state index in [2.05, 4.69) is 5.32 Å². The lowest BCUT2D eigenvalue weighted by Crippen LogP contribution is -2.23. The molecule has 0 aromatic heterocycles. The van der Waals surface area contributed by atoms with E-state index in [-0.39, 0.29) is 5.69 Å². The van der Waals surface area contributed by atoms with Crippen LogP contribution in [0.25, 0.3) is 0 Å². The Morgan fingerprint density at radius 3 is 3.00 bits per heavy atom. The number of methoxy groups -OCH3 is 1. The minimum atomic E-state index is -0.479. The first-order chi connectivity index (χ1) is 8.63. The highest BCUT2D eigenvalue weighted by molar-refractivity contribution is 5.34. The average Bonchev–Trinajstić information content (AvgIpc) is 2.35. The quantitative estimate of drug-likeness (QED) is 0.412. The highest BCUT2D eigenvalue weighted by Gasteiger charge is 2.06. The predicted molar refractivity (Wildman–Crippen MR) is 67.3 cm³/mol. The summed E-state index contributed by atoms with van der Waals surface area (Å²) in [6.07, 6.45) is 0.107. The summed E-state index contributed by atoms with van der Waals surface area (Å²) in [5, 5.41) is 23.1. The molecular weight excluding hydrogens is 236 g/mol. The van der Waals surface area contributed by atoms with Crippen molar-refractivity contribution < 1.29 is 14.8 Å². The molecule has 6 heteroatoms. The second kappa shape index (κ2) is 7.75. The summed E-state index contributed by atoms with van der Waals surface area (Å²) in [5.41, 5.74) is 0.944. The van der Waals surface area contributed by atoms with E-state index in [4.69, 9.17) is 4.74 Å². The molecule has 0 spiro atoms. The monoisotopic (exact) mass is 254 g/mol. The fourth-order valence-corrected chi connectivity index (χ4v) is 1.56. The Balaban J connectivity index is 2.31. The van der Waals surface area contributed by atoms with Crippen LogP contribution in [0.1, 0.15) is 12.0 Å². The molecule has 0 fully saturated rings. The molecule has 0 heterocycles. The van der Waals surface area contributed by atoms with Crippen LogP contribution in [-0.2, 0) is 11.3 Å². The van der Waals surface area contributed by atoms with Crippen molar-refractivity contribution >= 4 is 5.69 Å². The molecule has 1 aromatic rings. The molecule has 0 amide bonds. The number of aliphatic hydroxyl groups excluding tert-OH is 1. The van der Waals surface area contributed by atoms with Crippen LogP contribution in [0.2, 0.25) is 0 Å². The summed E-state index contributed by atoms with van der Waals surface area (Å²) in [6.45, 7) is 1.49. The first kappa shape index (κ1) is 14.6. The lowest BCUT2D eigenvalue weighted by Gasteiger charge is -2.10. The van der Waals surface area contributed by atoms with Gasteiger partial charge in [0.2, 0.25) is 0 Å². The number of rotatable bonds is 8. The number of hydrogen-bond donors (Lipinski definition) is 2. The molecule has 100 valence electrons. The lowest BCUT2D eigenvalue weighted by molar-refractivity contribution is -0.384. The first-order valence-electron chi connectivity index (χ1n) is 5.74. The summed E-state index contributed by atoms with van der Waals surface area (Å²) in [4.78, 5) is 10.2. The van der Waals surface area contributed by atoms with Crippen molar-refractivity contribution in [2.75, 3.05) is 20.3 Å². The molecule has 1 rings (SSSR count). The van der Waals surface area contributed by atoms with E-state index in [9.17, 15) is 15.2 Å². The predicted octanol–water partition coefficient (Wildman–Crippen LogP) is 1.08. The van der Waals surface area contributed by atoms with E-state index < -0.39 is 11.0 Å². The van der Waals surface area contributed by atoms with Crippen LogP contribution in [0.4, 0.5) is 5.69 Å². The molecule has 1 atom stereocenters. The molecule has 2 N–H and O–H groups in total. The fraction of sp³-hybridized carbons (Fsp3) is 0.500. The molecule has 0 aliphatic heterocycles. The Labute approximate surface area is 106 Å². The molecule has 0 aliphatic rings. The highest BCUT2D eigenvalue weighted by atomic mass is 16.6. The standard InChI is InChI=1S/C12H18N2O4/c1-18-9-12(15)5-6-13-8-10-3-2-4-11(7-10)14(16)17/h2-4,7,12-13,15H,5-6,8-9H2,1H3. The zero-order valence-electron chi connectivity index (χ0n) is 10.3. The minimum Gasteiger partial charge on any atom is -0.391 e. The Morgan fingerprint density at radius 1 is 1.56 bits per heavy atom. The van der Waals surface area contributed by atoms with Gasteiger partial charge in [-0.05, 0) is 18.5 Å². The molecule has 6 nitrogen and oxygen atoms in total. The van der Waals surface area contributed by atoms with Crippen LogP contribution in [0, 0.1) is 10.1 Å². The molecule has 18 heavy (non-hydrogen) atoms. The van der Waals surface area contributed by atoms with Gasteiger partial charge in [-0.3, -0.25) is 10.1 Å². The van der Waals surface area contributed by atoms with Gasteiger partial charge in [0.15, 0.2) is 0 Å². The number of nitrogens with one attached hydrogen (secondary N) is 1. The van der Waals surface area contributed by atoms with Crippen molar-refractivity contribution in [3.05, 3.63) is 39.9 Å². The topological polar surface area (TPSA) is 84.6 Å². The summed E-state index contributed by atoms with van der Waals surface area (Å²) in [7, 11) is 1.54. The van der Waals surface area contributed by atoms with Gasteiger partial charge in [-0.15, -0.1) is 0 Å². The maximum atomic E-state index is 10.6. The number of nitro benzene ring substituents is 1. The average molecular weight is 254 g/mol. The molecular formula is C12H18N2O4. The molecule has 1 aromatic carbocycles. The number of ether oxygens (including phenoxy) is 1. The first-order valence-corrected chi connectivity index (χ1v) is 5.74. The van der Waals surface area contributed by atoms with Crippen LogP contribution in [0.15, 0.2) is 24.3 Å². The number of non-ortho nitro benzene ring substituents is 1. The van der Waals surface area contributed by atoms with Gasteiger partial charge in [-0.25, -0.2) is 0 Å². The van der Waals surface area contributed by atoms with Crippen molar-refractivity contribution in [3.8, 4) is 0 Å². The molecule has 1 unspecified atom stereocenters. The van der Waals surface area contributed by atoms with Crippen LogP contribution in [0.5, 0.6) is 0 Å². The zero-order chi connectivity index (χ0) is 13.4. The maximum Gasteiger partial charge on any atom is 0.269 e. The van der Waals surface area contributed by atoms with E-state index in [1.165, 1.54) is 6.07 Å². The van der Waals surface area contributed by atoms with Gasteiger partial charge in [0, 0.05) is 25.8 Å². The van der Waals surface area contributed by atoms with Gasteiger partial charge in [0.1, 0.15) is 0 Å². The molecule has 0 saturated carbocycles. The van der Waals surface area contributed by atoms with E-state index in [0.717, 1.165) is 5.56 Å². The van der Waals surface area contributed by atoms with E-state index in [1.54, 1.807) is 19.2 Å². The molecule has 0 saturated heterocycles. The summed E-state index contributed by atoms with van der Waals surface area (Å²) < 4.78 is 4.81. The van der Waals surface area contributed by atoms with Crippen molar-refractivity contribution in [1.29, 1.82) is 0 Å². The lowest BCUT2D eigenvalue weighted by atomic mass is 10.2. The molecule has 0 aliphatic carbocycles. The van der Waals surface area contributed by atoms with Crippen molar-refractivity contribution in [1.82, 2.24) is 5.32 Å². The van der Waals surface area contributed by atoms with Gasteiger partial charge in [0.25, 0.3) is 5.69 Å². The van der Waals surface area contributed by atoms with Crippen LogP contribution in [0.3, 0.4) is 0 Å². The summed E-state index contributed by atoms with van der Waals surface area (Å²) >= 11 is 0. The third-order valence-corrected chi connectivity index (χ3v) is 2.46. The third kappa shape index (κ3) is 5.22. The van der Waals surface area contributed by atoms with Gasteiger partial charge in [0.05, 0.1) is 17.6 Å². The van der Waals surface area contributed by atoms with Crippen LogP contribution < -0.4 is 5.32 Å². The van der Waals surface area contributed by atoms with E-state index in [1.807, 2.05) is 6.07 Å². The van der Waals surface area contributed by atoms with Crippen LogP contribution >= 0.6 is 0 Å². The summed E-state index contributed by atoms with van der Waals surface area (Å²) in [6, 6.07) is 6.49. The Hall–Kier alpha value is -1.50. The number of benzene rings is 1. The maximum absolute atomic E-state index is 10.6. The second-order valence-corrected chi connectivity index (χ2v) is 4.00. The Bertz CT molecular complexity index is 384. The van der Waals surface area contributed by atoms with Gasteiger partial charge < -0.3 is 15.2 Å². The number of aliphatic hydroxyl groups is 1. The van der Waals surface area contributed by atoms with E-state index >= 15 is 0 Å². The van der Waals surface area contributed by atoms with Gasteiger partial charge >= 0.3 is 0 Å². The van der Waals surface area contributed by atoms with Crippen molar-refractivity contribution in [3.63, 3.8) is 0 Å². The Kier molecular flexibility index (Phi) is 6.27. The number of hydrogen-bond acceptors (Lipinski definition) is 5. The summed E-state index contributed by atoms with van der Waals surface area (Å²) in [5.74, 6) is 0. The zero-order valence-corrected chi connectivity index (χ0v) is 10.3. The fourth-order valence-electron chi connectivity index (χ4n) is 1.56. The molecule has 0 bridgehead atoms. The van der Waals surface area contributed by atoms with E-state index in [0.29, 0.717) is 26.1 Å². The smallest absolute Gasteiger partial charge is 0.269 e. The van der Waals surface area contributed by atoms with Gasteiger partial charge in [-0.1, -0.05) is 12.1 Å². The Morgan fingerprint density at radius 2 is 2.33 bits per heavy atom. The largest absolute Gasteiger partial charge is 0.391 e. The van der Waals surface area contributed by atoms with Crippen LogP contribution in [-0.4, -0.2) is 36.4 Å². The van der Waals surface area contributed by atoms with Crippen molar-refractivity contribution in [2.24, 2.45) is 0 Å².